The van der Waals surface area contributed by atoms with E-state index in [1.165, 1.54) is 0 Å². The molecule has 4 heteroatoms. The van der Waals surface area contributed by atoms with Gasteiger partial charge in [0.15, 0.2) is 5.13 Å². The lowest BCUT2D eigenvalue weighted by Crippen LogP contribution is -1.85. The summed E-state index contributed by atoms with van der Waals surface area (Å²) in [5.41, 5.74) is 0.633. The molecule has 0 spiro atoms. The van der Waals surface area contributed by atoms with Crippen molar-refractivity contribution in [2.45, 2.75) is 6.61 Å². The fourth-order valence-electron chi connectivity index (χ4n) is 1.42. The van der Waals surface area contributed by atoms with Crippen LogP contribution in [0.25, 0.3) is 10.1 Å². The molecule has 0 saturated heterocycles. The quantitative estimate of drug-likeness (QED) is 0.780. The summed E-state index contributed by atoms with van der Waals surface area (Å²) < 4.78 is 14.0. The molecule has 0 bridgehead atoms. The third-order valence-corrected chi connectivity index (χ3v) is 3.03. The van der Waals surface area contributed by atoms with Crippen LogP contribution in [0.4, 0.5) is 4.39 Å². The average Bonchev–Trinajstić information content (AvgIpc) is 2.52. The molecule has 0 saturated carbocycles. The number of thiophene rings is 1. The Morgan fingerprint density at radius 1 is 1.50 bits per heavy atom. The second-order valence-corrected chi connectivity index (χ2v) is 3.81. The van der Waals surface area contributed by atoms with Crippen LogP contribution in [0.5, 0.6) is 0 Å². The minimum absolute atomic E-state index is 0.224. The first kappa shape index (κ1) is 9.13. The molecule has 0 atom stereocenters. The monoisotopic (exact) mass is 207 g/mol. The molecule has 1 aromatic carbocycles. The number of benzene rings is 1. The van der Waals surface area contributed by atoms with Crippen LogP contribution in [-0.4, -0.2) is 5.11 Å². The highest BCUT2D eigenvalue weighted by Crippen LogP contribution is 2.32. The number of fused-ring (bicyclic) bond motifs is 1. The Bertz CT molecular complexity index is 527. The minimum Gasteiger partial charge on any atom is -0.392 e. The molecule has 0 aliphatic carbocycles. The van der Waals surface area contributed by atoms with E-state index in [1.807, 2.05) is 6.07 Å². The third-order valence-electron chi connectivity index (χ3n) is 2.04. The molecule has 1 aromatic heterocycles. The zero-order valence-electron chi connectivity index (χ0n) is 7.12. The number of halogens is 1. The van der Waals surface area contributed by atoms with Crippen molar-refractivity contribution in [2.75, 3.05) is 0 Å². The summed E-state index contributed by atoms with van der Waals surface area (Å²) in [6.45, 7) is -0.371. The fourth-order valence-corrected chi connectivity index (χ4v) is 2.38. The van der Waals surface area contributed by atoms with Gasteiger partial charge < -0.3 is 5.11 Å². The van der Waals surface area contributed by atoms with Crippen LogP contribution >= 0.6 is 11.3 Å². The van der Waals surface area contributed by atoms with Gasteiger partial charge in [-0.1, -0.05) is 6.07 Å². The molecule has 14 heavy (non-hydrogen) atoms. The number of rotatable bonds is 1. The largest absolute Gasteiger partial charge is 0.392 e. The molecule has 0 aliphatic rings. The van der Waals surface area contributed by atoms with Gasteiger partial charge in [-0.2, -0.15) is 9.65 Å². The number of aliphatic hydroxyl groups is 1. The standard InChI is InChI=1S/C10H6FNOS/c11-10-7(5-13)9-6(4-12)2-1-3-8(9)14-10/h1-3,13H,5H2. The molecule has 0 amide bonds. The van der Waals surface area contributed by atoms with E-state index in [9.17, 15) is 4.39 Å². The van der Waals surface area contributed by atoms with E-state index in [4.69, 9.17) is 10.4 Å². The summed E-state index contributed by atoms with van der Waals surface area (Å²) >= 11 is 0.955. The van der Waals surface area contributed by atoms with E-state index in [0.717, 1.165) is 11.3 Å². The van der Waals surface area contributed by atoms with Gasteiger partial charge in [-0.05, 0) is 12.1 Å². The summed E-state index contributed by atoms with van der Waals surface area (Å²) in [5, 5.41) is 17.9. The van der Waals surface area contributed by atoms with Crippen molar-refractivity contribution < 1.29 is 9.50 Å². The first-order valence-electron chi connectivity index (χ1n) is 3.98. The van der Waals surface area contributed by atoms with Gasteiger partial charge in [-0.15, -0.1) is 11.3 Å². The van der Waals surface area contributed by atoms with Gasteiger partial charge in [0.2, 0.25) is 0 Å². The van der Waals surface area contributed by atoms with Crippen molar-refractivity contribution in [3.8, 4) is 6.07 Å². The molecule has 70 valence electrons. The summed E-state index contributed by atoms with van der Waals surface area (Å²) in [6.07, 6.45) is 0. The minimum atomic E-state index is -0.412. The Morgan fingerprint density at radius 3 is 2.93 bits per heavy atom. The molecule has 0 radical (unpaired) electrons. The van der Waals surface area contributed by atoms with Crippen molar-refractivity contribution in [2.24, 2.45) is 0 Å². The SMILES string of the molecule is N#Cc1cccc2sc(F)c(CO)c12. The maximum atomic E-state index is 13.3. The lowest BCUT2D eigenvalue weighted by atomic mass is 10.1. The van der Waals surface area contributed by atoms with Crippen molar-refractivity contribution in [3.63, 3.8) is 0 Å². The predicted molar refractivity (Wildman–Crippen MR) is 52.4 cm³/mol. The highest BCUT2D eigenvalue weighted by molar-refractivity contribution is 7.17. The lowest BCUT2D eigenvalue weighted by Gasteiger charge is -1.95. The Labute approximate surface area is 83.8 Å². The third kappa shape index (κ3) is 1.18. The Morgan fingerprint density at radius 2 is 2.29 bits per heavy atom. The van der Waals surface area contributed by atoms with Crippen molar-refractivity contribution in [3.05, 3.63) is 34.5 Å². The van der Waals surface area contributed by atoms with Gasteiger partial charge in [0.05, 0.1) is 18.2 Å². The van der Waals surface area contributed by atoms with E-state index < -0.39 is 5.13 Å². The van der Waals surface area contributed by atoms with E-state index >= 15 is 0 Å². The fraction of sp³-hybridized carbons (Fsp3) is 0.100. The first-order chi connectivity index (χ1) is 6.77. The molecular formula is C10H6FNOS. The van der Waals surface area contributed by atoms with Gasteiger partial charge in [0.25, 0.3) is 0 Å². The summed E-state index contributed by atoms with van der Waals surface area (Å²) in [5.74, 6) is 0. The Balaban J connectivity index is 2.91. The topological polar surface area (TPSA) is 44.0 Å². The maximum absolute atomic E-state index is 13.3. The normalized spacial score (nSPS) is 10.4. The number of aliphatic hydroxyl groups excluding tert-OH is 1. The second kappa shape index (κ2) is 3.37. The maximum Gasteiger partial charge on any atom is 0.183 e. The van der Waals surface area contributed by atoms with Crippen molar-refractivity contribution in [1.82, 2.24) is 0 Å². The van der Waals surface area contributed by atoms with Crippen molar-refractivity contribution in [1.29, 1.82) is 5.26 Å². The number of hydrogen-bond donors (Lipinski definition) is 1. The highest BCUT2D eigenvalue weighted by Gasteiger charge is 2.13. The van der Waals surface area contributed by atoms with Crippen LogP contribution in [-0.2, 0) is 6.61 Å². The summed E-state index contributed by atoms with van der Waals surface area (Å²) in [6, 6.07) is 7.05. The van der Waals surface area contributed by atoms with Crippen LogP contribution < -0.4 is 0 Å². The Hall–Kier alpha value is -1.44. The van der Waals surface area contributed by atoms with Crippen LogP contribution in [0.1, 0.15) is 11.1 Å². The van der Waals surface area contributed by atoms with E-state index in [-0.39, 0.29) is 12.2 Å². The molecule has 1 N–H and O–H groups in total. The molecule has 0 unspecified atom stereocenters. The average molecular weight is 207 g/mol. The Kier molecular flexibility index (Phi) is 2.20. The van der Waals surface area contributed by atoms with Crippen LogP contribution in [0, 0.1) is 16.5 Å². The zero-order chi connectivity index (χ0) is 10.1. The molecule has 2 nitrogen and oxygen atoms in total. The van der Waals surface area contributed by atoms with Gasteiger partial charge in [0, 0.05) is 15.6 Å². The van der Waals surface area contributed by atoms with E-state index in [2.05, 4.69) is 0 Å². The predicted octanol–water partition coefficient (Wildman–Crippen LogP) is 2.40. The smallest absolute Gasteiger partial charge is 0.183 e. The number of nitrogens with zero attached hydrogens (tertiary/aromatic N) is 1. The van der Waals surface area contributed by atoms with Gasteiger partial charge >= 0.3 is 0 Å². The van der Waals surface area contributed by atoms with Crippen molar-refractivity contribution >= 4 is 21.4 Å². The molecule has 2 aromatic rings. The van der Waals surface area contributed by atoms with Gasteiger partial charge in [0.1, 0.15) is 0 Å². The number of nitriles is 1. The lowest BCUT2D eigenvalue weighted by molar-refractivity contribution is 0.279. The van der Waals surface area contributed by atoms with Crippen LogP contribution in [0.2, 0.25) is 0 Å². The van der Waals surface area contributed by atoms with Crippen LogP contribution in [0.15, 0.2) is 18.2 Å². The zero-order valence-corrected chi connectivity index (χ0v) is 7.94. The molecule has 2 rings (SSSR count). The summed E-state index contributed by atoms with van der Waals surface area (Å²) in [4.78, 5) is 0. The molecular weight excluding hydrogens is 201 g/mol. The molecule has 0 fully saturated rings. The van der Waals surface area contributed by atoms with Gasteiger partial charge in [-0.3, -0.25) is 0 Å². The van der Waals surface area contributed by atoms with Crippen LogP contribution in [0.3, 0.4) is 0 Å². The van der Waals surface area contributed by atoms with E-state index in [0.29, 0.717) is 15.6 Å². The second-order valence-electron chi connectivity index (χ2n) is 2.80. The van der Waals surface area contributed by atoms with Gasteiger partial charge in [-0.25, -0.2) is 0 Å². The van der Waals surface area contributed by atoms with E-state index in [1.54, 1.807) is 18.2 Å². The highest BCUT2D eigenvalue weighted by atomic mass is 32.1. The summed E-state index contributed by atoms with van der Waals surface area (Å²) in [7, 11) is 0. The number of hydrogen-bond acceptors (Lipinski definition) is 3. The molecule has 0 aliphatic heterocycles. The first-order valence-corrected chi connectivity index (χ1v) is 4.80. The molecule has 1 heterocycles.